The zero-order valence-electron chi connectivity index (χ0n) is 10.3. The van der Waals surface area contributed by atoms with Crippen LogP contribution < -0.4 is 10.2 Å². The van der Waals surface area contributed by atoms with Crippen molar-refractivity contribution >= 4 is 17.7 Å². The molecular formula is C14H12O5-2. The lowest BCUT2D eigenvalue weighted by molar-refractivity contribution is -0.304. The highest BCUT2D eigenvalue weighted by Gasteiger charge is 2.14. The van der Waals surface area contributed by atoms with E-state index >= 15 is 0 Å². The van der Waals surface area contributed by atoms with E-state index in [4.69, 9.17) is 0 Å². The van der Waals surface area contributed by atoms with Crippen LogP contribution in [0.2, 0.25) is 0 Å². The Hall–Kier alpha value is -2.43. The summed E-state index contributed by atoms with van der Waals surface area (Å²) in [5, 5.41) is 21.8. The highest BCUT2D eigenvalue weighted by Crippen LogP contribution is 2.15. The average Bonchev–Trinajstić information content (AvgIpc) is 2.38. The Morgan fingerprint density at radius 3 is 1.89 bits per heavy atom. The van der Waals surface area contributed by atoms with Crippen molar-refractivity contribution in [2.75, 3.05) is 0 Å². The Kier molecular flexibility index (Phi) is 5.00. The Bertz CT molecular complexity index is 528. The quantitative estimate of drug-likeness (QED) is 0.505. The van der Waals surface area contributed by atoms with E-state index in [1.165, 1.54) is 19.1 Å². The molecule has 0 fully saturated rings. The Morgan fingerprint density at radius 2 is 1.47 bits per heavy atom. The molecule has 0 spiro atoms. The summed E-state index contributed by atoms with van der Waals surface area (Å²) in [6.07, 6.45) is -0.572. The van der Waals surface area contributed by atoms with E-state index in [0.29, 0.717) is 5.56 Å². The fraction of sp³-hybridized carbons (Fsp3) is 0.214. The molecule has 0 aromatic heterocycles. The van der Waals surface area contributed by atoms with E-state index in [2.05, 4.69) is 0 Å². The molecule has 0 atom stereocenters. The molecular weight excluding hydrogens is 248 g/mol. The second kappa shape index (κ2) is 6.49. The number of benzene rings is 1. The molecule has 5 heteroatoms. The Labute approximate surface area is 110 Å². The zero-order chi connectivity index (χ0) is 14.4. The molecule has 1 rings (SSSR count). The minimum atomic E-state index is -1.66. The monoisotopic (exact) mass is 260 g/mol. The first-order chi connectivity index (χ1) is 8.97. The maximum Gasteiger partial charge on any atom is 0.167 e. The molecule has 0 heterocycles. The number of aliphatic carboxylic acids is 2. The van der Waals surface area contributed by atoms with Crippen molar-refractivity contribution in [2.24, 2.45) is 0 Å². The normalized spacial score (nSPS) is 11.6. The molecule has 1 aromatic carbocycles. The third-order valence-corrected chi connectivity index (χ3v) is 2.64. The van der Waals surface area contributed by atoms with Crippen molar-refractivity contribution < 1.29 is 24.6 Å². The van der Waals surface area contributed by atoms with Crippen LogP contribution in [-0.4, -0.2) is 17.7 Å². The van der Waals surface area contributed by atoms with Crippen LogP contribution in [0.1, 0.15) is 30.1 Å². The summed E-state index contributed by atoms with van der Waals surface area (Å²) in [6.45, 7) is 1.47. The molecule has 5 nitrogen and oxygen atoms in total. The highest BCUT2D eigenvalue weighted by atomic mass is 16.4. The van der Waals surface area contributed by atoms with Gasteiger partial charge in [0.25, 0.3) is 0 Å². The molecule has 0 N–H and O–H groups in total. The summed E-state index contributed by atoms with van der Waals surface area (Å²) < 4.78 is 0. The number of carbonyl (C=O) groups is 3. The van der Waals surface area contributed by atoms with Crippen LogP contribution in [0.5, 0.6) is 0 Å². The van der Waals surface area contributed by atoms with Gasteiger partial charge in [-0.25, -0.2) is 0 Å². The number of hydrogen-bond donors (Lipinski definition) is 0. The highest BCUT2D eigenvalue weighted by molar-refractivity contribution is 6.05. The van der Waals surface area contributed by atoms with Crippen LogP contribution in [-0.2, 0) is 9.59 Å². The zero-order valence-corrected chi connectivity index (χ0v) is 10.3. The maximum atomic E-state index is 11.9. The molecule has 0 bridgehead atoms. The van der Waals surface area contributed by atoms with Crippen molar-refractivity contribution in [3.63, 3.8) is 0 Å². The van der Waals surface area contributed by atoms with Gasteiger partial charge in [-0.15, -0.1) is 0 Å². The second-order valence-corrected chi connectivity index (χ2v) is 3.85. The first-order valence-electron chi connectivity index (χ1n) is 5.70. The van der Waals surface area contributed by atoms with E-state index in [1.807, 2.05) is 0 Å². The van der Waals surface area contributed by atoms with Crippen LogP contribution in [0.3, 0.4) is 0 Å². The van der Waals surface area contributed by atoms with Gasteiger partial charge in [0.15, 0.2) is 5.78 Å². The molecule has 0 radical (unpaired) electrons. The van der Waals surface area contributed by atoms with Crippen LogP contribution in [0.15, 0.2) is 41.5 Å². The molecule has 100 valence electrons. The average molecular weight is 260 g/mol. The van der Waals surface area contributed by atoms with E-state index in [1.54, 1.807) is 18.2 Å². The number of carboxylic acid groups (broad SMARTS) is 2. The lowest BCUT2D eigenvalue weighted by Gasteiger charge is -2.15. The van der Waals surface area contributed by atoms with Crippen LogP contribution in [0.4, 0.5) is 0 Å². The third-order valence-electron chi connectivity index (χ3n) is 2.64. The first-order valence-corrected chi connectivity index (χ1v) is 5.70. The molecule has 1 aromatic rings. The molecule has 0 aliphatic carbocycles. The predicted octanol–water partition coefficient (Wildman–Crippen LogP) is -0.534. The van der Waals surface area contributed by atoms with Crippen molar-refractivity contribution in [1.29, 1.82) is 0 Å². The number of rotatable bonds is 6. The number of hydrogen-bond acceptors (Lipinski definition) is 5. The number of carboxylic acids is 2. The molecule has 0 amide bonds. The van der Waals surface area contributed by atoms with Crippen LogP contribution >= 0.6 is 0 Å². The van der Waals surface area contributed by atoms with E-state index < -0.39 is 35.3 Å². The number of carbonyl (C=O) groups excluding carboxylic acids is 3. The molecule has 0 saturated carbocycles. The summed E-state index contributed by atoms with van der Waals surface area (Å²) in [7, 11) is 0. The van der Waals surface area contributed by atoms with Gasteiger partial charge in [-0.1, -0.05) is 37.3 Å². The third kappa shape index (κ3) is 3.77. The lowest BCUT2D eigenvalue weighted by atomic mass is 9.97. The molecule has 19 heavy (non-hydrogen) atoms. The van der Waals surface area contributed by atoms with Gasteiger partial charge in [0.05, 0.1) is 11.9 Å². The van der Waals surface area contributed by atoms with Crippen molar-refractivity contribution in [3.05, 3.63) is 47.0 Å². The standard InChI is InChI=1S/C14H14O5/c1-2-10(13(16)17)11(14(18)19)8-12(15)9-6-4-3-5-7-9/h3-7H,2,8H2,1H3,(H,16,17)(H,18,19)/p-2/b11-10+. The smallest absolute Gasteiger partial charge is 0.167 e. The summed E-state index contributed by atoms with van der Waals surface area (Å²) in [5.74, 6) is -3.74. The van der Waals surface area contributed by atoms with Gasteiger partial charge >= 0.3 is 0 Å². The predicted molar refractivity (Wildman–Crippen MR) is 62.7 cm³/mol. The fourth-order valence-electron chi connectivity index (χ4n) is 1.67. The van der Waals surface area contributed by atoms with Gasteiger partial charge in [-0.2, -0.15) is 0 Å². The largest absolute Gasteiger partial charge is 0.545 e. The maximum absolute atomic E-state index is 11.9. The van der Waals surface area contributed by atoms with Crippen molar-refractivity contribution in [3.8, 4) is 0 Å². The fourth-order valence-corrected chi connectivity index (χ4v) is 1.67. The summed E-state index contributed by atoms with van der Waals surface area (Å²) in [6, 6.07) is 8.04. The van der Waals surface area contributed by atoms with E-state index in [9.17, 15) is 24.6 Å². The minimum absolute atomic E-state index is 0.0479. The minimum Gasteiger partial charge on any atom is -0.545 e. The molecule has 0 saturated heterocycles. The van der Waals surface area contributed by atoms with Crippen molar-refractivity contribution in [1.82, 2.24) is 0 Å². The van der Waals surface area contributed by atoms with Gasteiger partial charge in [0, 0.05) is 12.0 Å². The lowest BCUT2D eigenvalue weighted by Crippen LogP contribution is -2.32. The van der Waals surface area contributed by atoms with E-state index in [0.717, 1.165) is 0 Å². The summed E-state index contributed by atoms with van der Waals surface area (Å²) in [4.78, 5) is 33.6. The topological polar surface area (TPSA) is 97.3 Å². The van der Waals surface area contributed by atoms with Crippen molar-refractivity contribution in [2.45, 2.75) is 19.8 Å². The number of Topliss-reactive ketones (excluding diaryl/α,β-unsaturated/α-hetero) is 1. The van der Waals surface area contributed by atoms with E-state index in [-0.39, 0.29) is 6.42 Å². The second-order valence-electron chi connectivity index (χ2n) is 3.85. The van der Waals surface area contributed by atoms with Gasteiger partial charge < -0.3 is 19.8 Å². The Balaban J connectivity index is 3.08. The first kappa shape index (κ1) is 14.6. The van der Waals surface area contributed by atoms with Gasteiger partial charge in [0.1, 0.15) is 0 Å². The number of ketones is 1. The summed E-state index contributed by atoms with van der Waals surface area (Å²) >= 11 is 0. The molecule has 0 aliphatic heterocycles. The molecule has 0 aliphatic rings. The SMILES string of the molecule is CC/C(C(=O)[O-])=C(/CC(=O)c1ccccc1)C(=O)[O-]. The van der Waals surface area contributed by atoms with Crippen LogP contribution in [0.25, 0.3) is 0 Å². The molecule has 0 unspecified atom stereocenters. The Morgan fingerprint density at radius 1 is 0.947 bits per heavy atom. The van der Waals surface area contributed by atoms with Crippen LogP contribution in [0, 0.1) is 0 Å². The van der Waals surface area contributed by atoms with Gasteiger partial charge in [0.2, 0.25) is 0 Å². The van der Waals surface area contributed by atoms with Gasteiger partial charge in [-0.3, -0.25) is 4.79 Å². The summed E-state index contributed by atoms with van der Waals surface area (Å²) in [5.41, 5.74) is -0.629. The van der Waals surface area contributed by atoms with Gasteiger partial charge in [-0.05, 0) is 17.6 Å².